The Balaban J connectivity index is 2.31. The minimum absolute atomic E-state index is 0.317. The van der Waals surface area contributed by atoms with E-state index in [1.807, 2.05) is 24.3 Å². The van der Waals surface area contributed by atoms with Crippen molar-refractivity contribution in [1.29, 1.82) is 0 Å². The van der Waals surface area contributed by atoms with Crippen LogP contribution in [-0.4, -0.2) is 9.55 Å². The van der Waals surface area contributed by atoms with Gasteiger partial charge in [-0.2, -0.15) is 0 Å². The van der Waals surface area contributed by atoms with E-state index in [0.717, 1.165) is 11.0 Å². The monoisotopic (exact) mass is 227 g/mol. The summed E-state index contributed by atoms with van der Waals surface area (Å²) >= 11 is 0. The van der Waals surface area contributed by atoms with Crippen molar-refractivity contribution in [2.45, 2.75) is 0 Å². The maximum atomic E-state index is 13.8. The molecule has 0 atom stereocenters. The molecule has 0 aliphatic heterocycles. The van der Waals surface area contributed by atoms with Gasteiger partial charge < -0.3 is 5.73 Å². The average Bonchev–Trinajstić information content (AvgIpc) is 2.76. The first-order chi connectivity index (χ1) is 8.25. The van der Waals surface area contributed by atoms with Crippen molar-refractivity contribution in [2.24, 2.45) is 0 Å². The number of halogens is 1. The number of nitrogen functional groups attached to an aromatic ring is 1. The van der Waals surface area contributed by atoms with Crippen LogP contribution in [0.25, 0.3) is 16.7 Å². The van der Waals surface area contributed by atoms with Crippen LogP contribution in [0, 0.1) is 5.82 Å². The summed E-state index contributed by atoms with van der Waals surface area (Å²) < 4.78 is 15.5. The molecule has 0 saturated heterocycles. The van der Waals surface area contributed by atoms with E-state index >= 15 is 0 Å². The number of imidazole rings is 1. The number of benzene rings is 2. The molecule has 3 rings (SSSR count). The van der Waals surface area contributed by atoms with Crippen LogP contribution >= 0.6 is 0 Å². The zero-order valence-electron chi connectivity index (χ0n) is 8.97. The van der Waals surface area contributed by atoms with Gasteiger partial charge in [0, 0.05) is 5.69 Å². The summed E-state index contributed by atoms with van der Waals surface area (Å²) in [7, 11) is 0. The Hall–Kier alpha value is -2.36. The van der Waals surface area contributed by atoms with E-state index in [2.05, 4.69) is 4.98 Å². The Morgan fingerprint density at radius 3 is 2.82 bits per heavy atom. The maximum absolute atomic E-state index is 13.8. The fourth-order valence-corrected chi connectivity index (χ4v) is 1.87. The molecule has 0 fully saturated rings. The molecule has 4 heteroatoms. The molecule has 0 bridgehead atoms. The number of nitrogens with zero attached hydrogens (tertiary/aromatic N) is 2. The van der Waals surface area contributed by atoms with Gasteiger partial charge in [-0.15, -0.1) is 0 Å². The van der Waals surface area contributed by atoms with Gasteiger partial charge in [0.1, 0.15) is 12.1 Å². The lowest BCUT2D eigenvalue weighted by Gasteiger charge is -2.06. The third-order valence-electron chi connectivity index (χ3n) is 2.68. The highest BCUT2D eigenvalue weighted by Crippen LogP contribution is 2.21. The van der Waals surface area contributed by atoms with Crippen LogP contribution in [0.5, 0.6) is 0 Å². The minimum atomic E-state index is -0.317. The molecule has 0 aliphatic carbocycles. The van der Waals surface area contributed by atoms with Crippen molar-refractivity contribution in [3.05, 3.63) is 54.6 Å². The largest absolute Gasteiger partial charge is 0.399 e. The Morgan fingerprint density at radius 1 is 1.12 bits per heavy atom. The molecule has 0 amide bonds. The molecule has 3 aromatic rings. The van der Waals surface area contributed by atoms with Crippen LogP contribution in [-0.2, 0) is 0 Å². The van der Waals surface area contributed by atoms with Gasteiger partial charge in [-0.25, -0.2) is 9.37 Å². The van der Waals surface area contributed by atoms with Crippen molar-refractivity contribution < 1.29 is 4.39 Å². The van der Waals surface area contributed by atoms with Gasteiger partial charge in [0.05, 0.1) is 16.7 Å². The number of fused-ring (bicyclic) bond motifs is 1. The van der Waals surface area contributed by atoms with Crippen LogP contribution in [0.1, 0.15) is 0 Å². The number of para-hydroxylation sites is 2. The second kappa shape index (κ2) is 3.59. The number of nitrogens with two attached hydrogens (primary N) is 1. The zero-order chi connectivity index (χ0) is 11.8. The topological polar surface area (TPSA) is 43.8 Å². The SMILES string of the molecule is Nc1ccc(F)c(-n2cnc3ccccc32)c1. The molecule has 0 radical (unpaired) electrons. The molecule has 1 aromatic heterocycles. The summed E-state index contributed by atoms with van der Waals surface area (Å²) in [6.07, 6.45) is 1.60. The van der Waals surface area contributed by atoms with E-state index in [-0.39, 0.29) is 5.82 Å². The van der Waals surface area contributed by atoms with Crippen molar-refractivity contribution in [1.82, 2.24) is 9.55 Å². The van der Waals surface area contributed by atoms with Crippen LogP contribution in [0.3, 0.4) is 0 Å². The summed E-state index contributed by atoms with van der Waals surface area (Å²) in [5, 5.41) is 0. The number of anilines is 1. The summed E-state index contributed by atoms with van der Waals surface area (Å²) in [4.78, 5) is 4.22. The predicted molar refractivity (Wildman–Crippen MR) is 65.4 cm³/mol. The van der Waals surface area contributed by atoms with Gasteiger partial charge in [-0.1, -0.05) is 12.1 Å². The van der Waals surface area contributed by atoms with E-state index in [1.54, 1.807) is 17.0 Å². The molecule has 1 heterocycles. The lowest BCUT2D eigenvalue weighted by atomic mass is 10.2. The predicted octanol–water partition coefficient (Wildman–Crippen LogP) is 2.75. The molecule has 2 N–H and O–H groups in total. The summed E-state index contributed by atoms with van der Waals surface area (Å²) in [5.41, 5.74) is 8.31. The van der Waals surface area contributed by atoms with Gasteiger partial charge in [-0.05, 0) is 30.3 Å². The zero-order valence-corrected chi connectivity index (χ0v) is 8.97. The number of aromatic nitrogens is 2. The average molecular weight is 227 g/mol. The second-order valence-electron chi connectivity index (χ2n) is 3.81. The second-order valence-corrected chi connectivity index (χ2v) is 3.81. The van der Waals surface area contributed by atoms with Gasteiger partial charge in [0.25, 0.3) is 0 Å². The van der Waals surface area contributed by atoms with Crippen molar-refractivity contribution >= 4 is 16.7 Å². The van der Waals surface area contributed by atoms with E-state index in [0.29, 0.717) is 11.4 Å². The Bertz CT molecular complexity index is 688. The fraction of sp³-hybridized carbons (Fsp3) is 0. The summed E-state index contributed by atoms with van der Waals surface area (Å²) in [5.74, 6) is -0.317. The van der Waals surface area contributed by atoms with Crippen LogP contribution in [0.15, 0.2) is 48.8 Å². The van der Waals surface area contributed by atoms with Crippen LogP contribution in [0.4, 0.5) is 10.1 Å². The Labute approximate surface area is 97.3 Å². The highest BCUT2D eigenvalue weighted by Gasteiger charge is 2.08. The van der Waals surface area contributed by atoms with E-state index in [1.165, 1.54) is 12.1 Å². The number of hydrogen-bond acceptors (Lipinski definition) is 2. The highest BCUT2D eigenvalue weighted by molar-refractivity contribution is 5.77. The fourth-order valence-electron chi connectivity index (χ4n) is 1.87. The first-order valence-corrected chi connectivity index (χ1v) is 5.23. The molecule has 2 aromatic carbocycles. The molecule has 0 aliphatic rings. The number of hydrogen-bond donors (Lipinski definition) is 1. The lowest BCUT2D eigenvalue weighted by Crippen LogP contribution is -1.97. The van der Waals surface area contributed by atoms with E-state index in [4.69, 9.17) is 5.73 Å². The van der Waals surface area contributed by atoms with Crippen LogP contribution in [0.2, 0.25) is 0 Å². The Morgan fingerprint density at radius 2 is 1.94 bits per heavy atom. The van der Waals surface area contributed by atoms with Crippen molar-refractivity contribution in [3.8, 4) is 5.69 Å². The molecular formula is C13H10FN3. The molecule has 84 valence electrons. The third-order valence-corrected chi connectivity index (χ3v) is 2.68. The highest BCUT2D eigenvalue weighted by atomic mass is 19.1. The molecule has 0 unspecified atom stereocenters. The van der Waals surface area contributed by atoms with Gasteiger partial charge in [0.15, 0.2) is 0 Å². The van der Waals surface area contributed by atoms with E-state index in [9.17, 15) is 4.39 Å². The van der Waals surface area contributed by atoms with Gasteiger partial charge in [-0.3, -0.25) is 4.57 Å². The normalized spacial score (nSPS) is 10.9. The minimum Gasteiger partial charge on any atom is -0.399 e. The van der Waals surface area contributed by atoms with Crippen LogP contribution < -0.4 is 5.73 Å². The smallest absolute Gasteiger partial charge is 0.147 e. The van der Waals surface area contributed by atoms with Crippen molar-refractivity contribution in [3.63, 3.8) is 0 Å². The standard InChI is InChI=1S/C13H10FN3/c14-10-6-5-9(15)7-13(10)17-8-16-11-3-1-2-4-12(11)17/h1-8H,15H2. The third kappa shape index (κ3) is 1.54. The Kier molecular flexibility index (Phi) is 2.08. The number of rotatable bonds is 1. The molecular weight excluding hydrogens is 217 g/mol. The van der Waals surface area contributed by atoms with Crippen molar-refractivity contribution in [2.75, 3.05) is 5.73 Å². The molecule has 17 heavy (non-hydrogen) atoms. The lowest BCUT2D eigenvalue weighted by molar-refractivity contribution is 0.619. The molecule has 3 nitrogen and oxygen atoms in total. The summed E-state index contributed by atoms with van der Waals surface area (Å²) in [6.45, 7) is 0. The van der Waals surface area contributed by atoms with Gasteiger partial charge in [0.2, 0.25) is 0 Å². The molecule has 0 spiro atoms. The maximum Gasteiger partial charge on any atom is 0.147 e. The quantitative estimate of drug-likeness (QED) is 0.649. The van der Waals surface area contributed by atoms with Gasteiger partial charge >= 0.3 is 0 Å². The molecule has 0 saturated carbocycles. The van der Waals surface area contributed by atoms with E-state index < -0.39 is 0 Å². The summed E-state index contributed by atoms with van der Waals surface area (Å²) in [6, 6.07) is 12.1. The first kappa shape index (κ1) is 9.84. The first-order valence-electron chi connectivity index (χ1n) is 5.23.